The molecule has 160 valence electrons. The van der Waals surface area contributed by atoms with Crippen molar-refractivity contribution in [1.29, 1.82) is 0 Å². The fourth-order valence-corrected chi connectivity index (χ4v) is 6.50. The second-order valence-electron chi connectivity index (χ2n) is 7.48. The van der Waals surface area contributed by atoms with E-state index in [1.54, 1.807) is 16.7 Å². The van der Waals surface area contributed by atoms with Crippen LogP contribution in [-0.2, 0) is 14.8 Å². The van der Waals surface area contributed by atoms with Crippen LogP contribution >= 0.6 is 0 Å². The van der Waals surface area contributed by atoms with Crippen molar-refractivity contribution in [2.75, 3.05) is 14.2 Å². The van der Waals surface area contributed by atoms with Gasteiger partial charge in [0, 0.05) is 31.1 Å². The van der Waals surface area contributed by atoms with Crippen molar-refractivity contribution in [3.05, 3.63) is 48.3 Å². The molecular weight excluding hydrogens is 408 g/mol. The molecule has 2 aliphatic heterocycles. The molecule has 2 unspecified atom stereocenters. The zero-order valence-corrected chi connectivity index (χ0v) is 17.7. The topological polar surface area (TPSA) is 95.0 Å². The molecule has 30 heavy (non-hydrogen) atoms. The van der Waals surface area contributed by atoms with Gasteiger partial charge in [-0.3, -0.25) is 4.98 Å². The fraction of sp³-hybridized carbons (Fsp3) is 0.429. The van der Waals surface area contributed by atoms with Crippen LogP contribution in [0.25, 0.3) is 0 Å². The SMILES string of the molecule is COC(=O)c1ccc(OC)c(S(=O)(=O)N2C3CCC2CC(Oc2cccnc2)C3)c1. The number of hydrogen-bond donors (Lipinski definition) is 0. The number of rotatable bonds is 6. The van der Waals surface area contributed by atoms with Gasteiger partial charge in [-0.25, -0.2) is 13.2 Å². The molecule has 0 N–H and O–H groups in total. The highest BCUT2D eigenvalue weighted by Crippen LogP contribution is 2.42. The molecule has 2 bridgehead atoms. The largest absolute Gasteiger partial charge is 0.495 e. The highest BCUT2D eigenvalue weighted by molar-refractivity contribution is 7.89. The highest BCUT2D eigenvalue weighted by Gasteiger charge is 2.48. The van der Waals surface area contributed by atoms with E-state index in [-0.39, 0.29) is 34.4 Å². The first-order valence-electron chi connectivity index (χ1n) is 9.80. The van der Waals surface area contributed by atoms with Crippen molar-refractivity contribution in [2.45, 2.75) is 48.8 Å². The molecule has 0 amide bonds. The summed E-state index contributed by atoms with van der Waals surface area (Å²) in [7, 11) is -1.20. The molecule has 2 aliphatic rings. The third kappa shape index (κ3) is 3.75. The fourth-order valence-electron chi connectivity index (χ4n) is 4.42. The van der Waals surface area contributed by atoms with E-state index in [1.165, 1.54) is 32.4 Å². The Morgan fingerprint density at radius 2 is 1.87 bits per heavy atom. The number of aromatic nitrogens is 1. The Labute approximate surface area is 175 Å². The van der Waals surface area contributed by atoms with Gasteiger partial charge >= 0.3 is 5.97 Å². The van der Waals surface area contributed by atoms with Crippen molar-refractivity contribution in [3.8, 4) is 11.5 Å². The molecule has 2 fully saturated rings. The lowest BCUT2D eigenvalue weighted by Crippen LogP contribution is -2.49. The average Bonchev–Trinajstić information content (AvgIpc) is 3.05. The van der Waals surface area contributed by atoms with Gasteiger partial charge in [-0.15, -0.1) is 0 Å². The van der Waals surface area contributed by atoms with Crippen LogP contribution < -0.4 is 9.47 Å². The summed E-state index contributed by atoms with van der Waals surface area (Å²) in [6.45, 7) is 0. The van der Waals surface area contributed by atoms with Crippen molar-refractivity contribution in [1.82, 2.24) is 9.29 Å². The summed E-state index contributed by atoms with van der Waals surface area (Å²) >= 11 is 0. The molecule has 2 saturated heterocycles. The molecule has 0 saturated carbocycles. The first-order valence-corrected chi connectivity index (χ1v) is 11.2. The van der Waals surface area contributed by atoms with Gasteiger partial charge in [-0.05, 0) is 43.2 Å². The number of ether oxygens (including phenoxy) is 3. The van der Waals surface area contributed by atoms with Crippen LogP contribution in [0.4, 0.5) is 0 Å². The summed E-state index contributed by atoms with van der Waals surface area (Å²) in [5.74, 6) is 0.294. The van der Waals surface area contributed by atoms with Crippen LogP contribution in [0.1, 0.15) is 36.0 Å². The van der Waals surface area contributed by atoms with E-state index in [0.29, 0.717) is 18.6 Å². The zero-order valence-electron chi connectivity index (χ0n) is 16.9. The summed E-state index contributed by atoms with van der Waals surface area (Å²) < 4.78 is 44.8. The van der Waals surface area contributed by atoms with Gasteiger partial charge in [-0.2, -0.15) is 4.31 Å². The van der Waals surface area contributed by atoms with E-state index in [9.17, 15) is 13.2 Å². The number of methoxy groups -OCH3 is 2. The number of piperidine rings is 1. The molecule has 2 atom stereocenters. The Balaban J connectivity index is 1.61. The summed E-state index contributed by atoms with van der Waals surface area (Å²) in [5, 5.41) is 0. The minimum Gasteiger partial charge on any atom is -0.495 e. The van der Waals surface area contributed by atoms with E-state index in [0.717, 1.165) is 12.8 Å². The monoisotopic (exact) mass is 432 g/mol. The van der Waals surface area contributed by atoms with Crippen molar-refractivity contribution < 1.29 is 27.4 Å². The number of sulfonamides is 1. The van der Waals surface area contributed by atoms with Crippen LogP contribution in [0, 0.1) is 0 Å². The van der Waals surface area contributed by atoms with Gasteiger partial charge in [0.05, 0.1) is 26.0 Å². The number of esters is 1. The van der Waals surface area contributed by atoms with Crippen molar-refractivity contribution in [3.63, 3.8) is 0 Å². The molecule has 0 spiro atoms. The number of carbonyl (C=O) groups is 1. The summed E-state index contributed by atoms with van der Waals surface area (Å²) in [4.78, 5) is 16.0. The molecule has 1 aromatic carbocycles. The first-order chi connectivity index (χ1) is 14.4. The lowest BCUT2D eigenvalue weighted by molar-refractivity contribution is 0.0600. The lowest BCUT2D eigenvalue weighted by atomic mass is 10.0. The molecule has 0 radical (unpaired) electrons. The van der Waals surface area contributed by atoms with Crippen LogP contribution in [0.3, 0.4) is 0 Å². The Kier molecular flexibility index (Phi) is 5.66. The van der Waals surface area contributed by atoms with Crippen molar-refractivity contribution >= 4 is 16.0 Å². The van der Waals surface area contributed by atoms with Crippen LogP contribution in [-0.4, -0.2) is 56.1 Å². The highest BCUT2D eigenvalue weighted by atomic mass is 32.2. The van der Waals surface area contributed by atoms with Gasteiger partial charge < -0.3 is 14.2 Å². The van der Waals surface area contributed by atoms with Gasteiger partial charge in [0.25, 0.3) is 0 Å². The third-order valence-corrected chi connectivity index (χ3v) is 7.73. The zero-order chi connectivity index (χ0) is 21.3. The van der Waals surface area contributed by atoms with Gasteiger partial charge in [0.1, 0.15) is 22.5 Å². The quantitative estimate of drug-likeness (QED) is 0.648. The molecule has 0 aliphatic carbocycles. The third-order valence-electron chi connectivity index (χ3n) is 5.70. The molecule has 8 nitrogen and oxygen atoms in total. The standard InChI is InChI=1S/C21H24N2O6S/c1-27-19-8-5-14(21(24)28-2)10-20(19)30(25,26)23-15-6-7-16(23)12-18(11-15)29-17-4-3-9-22-13-17/h3-5,8-10,13,15-16,18H,6-7,11-12H2,1-2H3. The summed E-state index contributed by atoms with van der Waals surface area (Å²) in [6.07, 6.45) is 6.02. The molecule has 9 heteroatoms. The maximum absolute atomic E-state index is 13.6. The Bertz CT molecular complexity index is 1010. The smallest absolute Gasteiger partial charge is 0.337 e. The van der Waals surface area contributed by atoms with E-state index in [4.69, 9.17) is 14.2 Å². The second-order valence-corrected chi connectivity index (χ2v) is 9.29. The predicted molar refractivity (Wildman–Crippen MR) is 108 cm³/mol. The number of pyridine rings is 1. The predicted octanol–water partition coefficient (Wildman–Crippen LogP) is 2.64. The van der Waals surface area contributed by atoms with Gasteiger partial charge in [-0.1, -0.05) is 0 Å². The van der Waals surface area contributed by atoms with E-state index in [1.807, 2.05) is 12.1 Å². The maximum Gasteiger partial charge on any atom is 0.337 e. The number of carbonyl (C=O) groups excluding carboxylic acids is 1. The number of fused-ring (bicyclic) bond motifs is 2. The summed E-state index contributed by atoms with van der Waals surface area (Å²) in [6, 6.07) is 7.64. The summed E-state index contributed by atoms with van der Waals surface area (Å²) in [5.41, 5.74) is 0.166. The second kappa shape index (κ2) is 8.23. The molecule has 3 heterocycles. The van der Waals surface area contributed by atoms with Crippen molar-refractivity contribution in [2.24, 2.45) is 0 Å². The number of nitrogens with zero attached hydrogens (tertiary/aromatic N) is 2. The average molecular weight is 432 g/mol. The van der Waals surface area contributed by atoms with Gasteiger partial charge in [0.15, 0.2) is 0 Å². The Morgan fingerprint density at radius 1 is 1.13 bits per heavy atom. The Morgan fingerprint density at radius 3 is 2.47 bits per heavy atom. The van der Waals surface area contributed by atoms with E-state index in [2.05, 4.69) is 4.98 Å². The molecular formula is C21H24N2O6S. The molecule has 1 aromatic heterocycles. The number of benzene rings is 1. The van der Waals surface area contributed by atoms with Crippen LogP contribution in [0.15, 0.2) is 47.6 Å². The first kappa shape index (κ1) is 20.6. The minimum absolute atomic E-state index is 0.0172. The Hall–Kier alpha value is -2.65. The van der Waals surface area contributed by atoms with E-state index < -0.39 is 16.0 Å². The van der Waals surface area contributed by atoms with E-state index >= 15 is 0 Å². The minimum atomic E-state index is -3.87. The van der Waals surface area contributed by atoms with Crippen LogP contribution in [0.5, 0.6) is 11.5 Å². The van der Waals surface area contributed by atoms with Gasteiger partial charge in [0.2, 0.25) is 10.0 Å². The maximum atomic E-state index is 13.6. The van der Waals surface area contributed by atoms with Crippen LogP contribution in [0.2, 0.25) is 0 Å². The normalized spacial score (nSPS) is 23.7. The molecule has 2 aromatic rings. The molecule has 4 rings (SSSR count). The lowest BCUT2D eigenvalue weighted by Gasteiger charge is -2.38. The number of hydrogen-bond acceptors (Lipinski definition) is 7.